The smallest absolute Gasteiger partial charge is 0.340 e. The van der Waals surface area contributed by atoms with Crippen molar-refractivity contribution >= 4 is 23.5 Å². The van der Waals surface area contributed by atoms with Gasteiger partial charge >= 0.3 is 5.97 Å². The quantitative estimate of drug-likeness (QED) is 0.441. The molecule has 3 rings (SSSR count). The van der Waals surface area contributed by atoms with E-state index < -0.39 is 17.8 Å². The van der Waals surface area contributed by atoms with Crippen molar-refractivity contribution in [3.8, 4) is 17.2 Å². The number of rotatable bonds is 10. The van der Waals surface area contributed by atoms with E-state index >= 15 is 0 Å². The minimum atomic E-state index is -0.687. The first kappa shape index (κ1) is 24.1. The third-order valence-corrected chi connectivity index (χ3v) is 4.68. The van der Waals surface area contributed by atoms with Crippen molar-refractivity contribution in [1.82, 2.24) is 0 Å². The highest BCUT2D eigenvalue weighted by Crippen LogP contribution is 2.34. The molecule has 34 heavy (non-hydrogen) atoms. The largest absolute Gasteiger partial charge is 0.493 e. The highest BCUT2D eigenvalue weighted by Gasteiger charge is 2.20. The minimum absolute atomic E-state index is 0.0764. The van der Waals surface area contributed by atoms with Crippen molar-refractivity contribution in [3.05, 3.63) is 83.4 Å². The van der Waals surface area contributed by atoms with Gasteiger partial charge in [-0.25, -0.2) is 4.79 Å². The SMILES string of the molecule is COc1cc(NC(=O)c2ccccc2)c(C(=O)OCc2cccc(OCC(N)=O)c2)cc1OC. The summed E-state index contributed by atoms with van der Waals surface area (Å²) in [5.41, 5.74) is 6.43. The Morgan fingerprint density at radius 3 is 2.26 bits per heavy atom. The molecule has 0 atom stereocenters. The fraction of sp³-hybridized carbons (Fsp3) is 0.160. The monoisotopic (exact) mass is 464 g/mol. The molecule has 3 aromatic carbocycles. The predicted molar refractivity (Wildman–Crippen MR) is 124 cm³/mol. The van der Waals surface area contributed by atoms with Crippen LogP contribution in [-0.4, -0.2) is 38.6 Å². The van der Waals surface area contributed by atoms with Crippen molar-refractivity contribution in [1.29, 1.82) is 0 Å². The molecule has 0 heterocycles. The zero-order chi connectivity index (χ0) is 24.5. The third-order valence-electron chi connectivity index (χ3n) is 4.68. The first-order chi connectivity index (χ1) is 16.4. The number of benzene rings is 3. The van der Waals surface area contributed by atoms with E-state index in [4.69, 9.17) is 24.7 Å². The van der Waals surface area contributed by atoms with Crippen molar-refractivity contribution in [3.63, 3.8) is 0 Å². The van der Waals surface area contributed by atoms with Crippen LogP contribution >= 0.6 is 0 Å². The molecule has 0 saturated heterocycles. The van der Waals surface area contributed by atoms with Crippen LogP contribution in [0.4, 0.5) is 5.69 Å². The van der Waals surface area contributed by atoms with Gasteiger partial charge in [0.1, 0.15) is 12.4 Å². The number of hydrogen-bond donors (Lipinski definition) is 2. The van der Waals surface area contributed by atoms with Crippen molar-refractivity contribution in [2.45, 2.75) is 6.61 Å². The fourth-order valence-electron chi connectivity index (χ4n) is 3.04. The Morgan fingerprint density at radius 1 is 0.882 bits per heavy atom. The van der Waals surface area contributed by atoms with Crippen LogP contribution in [0.5, 0.6) is 17.2 Å². The van der Waals surface area contributed by atoms with E-state index in [0.717, 1.165) is 0 Å². The number of nitrogens with one attached hydrogen (secondary N) is 1. The first-order valence-corrected chi connectivity index (χ1v) is 10.2. The number of anilines is 1. The van der Waals surface area contributed by atoms with Crippen molar-refractivity contribution < 1.29 is 33.3 Å². The Balaban J connectivity index is 1.81. The Morgan fingerprint density at radius 2 is 1.59 bits per heavy atom. The zero-order valence-electron chi connectivity index (χ0n) is 18.7. The van der Waals surface area contributed by atoms with E-state index in [1.165, 1.54) is 26.4 Å². The summed E-state index contributed by atoms with van der Waals surface area (Å²) in [6.45, 7) is -0.341. The van der Waals surface area contributed by atoms with Gasteiger partial charge in [0.2, 0.25) is 0 Å². The summed E-state index contributed by atoms with van der Waals surface area (Å²) >= 11 is 0. The van der Waals surface area contributed by atoms with Crippen LogP contribution in [0.3, 0.4) is 0 Å². The van der Waals surface area contributed by atoms with Gasteiger partial charge in [0.15, 0.2) is 18.1 Å². The van der Waals surface area contributed by atoms with Crippen LogP contribution in [-0.2, 0) is 16.1 Å². The normalized spacial score (nSPS) is 10.2. The molecule has 3 aromatic rings. The molecule has 0 aliphatic rings. The number of carbonyl (C=O) groups is 3. The third kappa shape index (κ3) is 6.26. The minimum Gasteiger partial charge on any atom is -0.493 e. The van der Waals surface area contributed by atoms with Crippen LogP contribution in [0.15, 0.2) is 66.7 Å². The second kappa shape index (κ2) is 11.4. The summed E-state index contributed by atoms with van der Waals surface area (Å²) in [6, 6.07) is 18.2. The van der Waals surface area contributed by atoms with Crippen LogP contribution in [0.1, 0.15) is 26.3 Å². The molecule has 0 aliphatic carbocycles. The highest BCUT2D eigenvalue weighted by atomic mass is 16.5. The molecule has 0 unspecified atom stereocenters. The van der Waals surface area contributed by atoms with E-state index in [1.54, 1.807) is 54.6 Å². The Labute approximate surface area is 196 Å². The van der Waals surface area contributed by atoms with Gasteiger partial charge in [0.05, 0.1) is 25.5 Å². The van der Waals surface area contributed by atoms with Crippen LogP contribution in [0.2, 0.25) is 0 Å². The van der Waals surface area contributed by atoms with E-state index in [9.17, 15) is 14.4 Å². The van der Waals surface area contributed by atoms with E-state index in [1.807, 2.05) is 0 Å². The lowest BCUT2D eigenvalue weighted by atomic mass is 10.1. The number of carbonyl (C=O) groups excluding carboxylic acids is 3. The number of ether oxygens (including phenoxy) is 4. The van der Waals surface area contributed by atoms with E-state index in [-0.39, 0.29) is 24.5 Å². The molecule has 0 fully saturated rings. The van der Waals surface area contributed by atoms with Crippen LogP contribution in [0, 0.1) is 0 Å². The molecular formula is C25H24N2O7. The number of methoxy groups -OCH3 is 2. The molecule has 0 aromatic heterocycles. The van der Waals surface area contributed by atoms with Gasteiger partial charge in [-0.1, -0.05) is 30.3 Å². The van der Waals surface area contributed by atoms with Crippen LogP contribution in [0.25, 0.3) is 0 Å². The molecule has 9 nitrogen and oxygen atoms in total. The average Bonchev–Trinajstić information content (AvgIpc) is 2.86. The lowest BCUT2D eigenvalue weighted by Crippen LogP contribution is -2.20. The van der Waals surface area contributed by atoms with E-state index in [0.29, 0.717) is 28.4 Å². The Kier molecular flexibility index (Phi) is 8.07. The van der Waals surface area contributed by atoms with Gasteiger partial charge in [-0.2, -0.15) is 0 Å². The molecule has 0 spiro atoms. The Hall–Kier alpha value is -4.53. The predicted octanol–water partition coefficient (Wildman–Crippen LogP) is 3.18. The van der Waals surface area contributed by atoms with Gasteiger partial charge in [-0.3, -0.25) is 9.59 Å². The summed E-state index contributed by atoms with van der Waals surface area (Å²) < 4.78 is 21.3. The maximum atomic E-state index is 13.0. The number of amides is 2. The molecule has 0 radical (unpaired) electrons. The summed E-state index contributed by atoms with van der Waals surface area (Å²) in [7, 11) is 2.89. The molecule has 2 amide bonds. The molecule has 0 aliphatic heterocycles. The second-order valence-electron chi connectivity index (χ2n) is 7.05. The van der Waals surface area contributed by atoms with Gasteiger partial charge in [-0.05, 0) is 29.8 Å². The summed E-state index contributed by atoms with van der Waals surface area (Å²) in [6.07, 6.45) is 0. The number of nitrogens with two attached hydrogens (primary N) is 1. The summed E-state index contributed by atoms with van der Waals surface area (Å²) in [5, 5.41) is 2.73. The Bertz CT molecular complexity index is 1180. The molecule has 0 saturated carbocycles. The van der Waals surface area contributed by atoms with Crippen molar-refractivity contribution in [2.75, 3.05) is 26.1 Å². The maximum absolute atomic E-state index is 13.0. The van der Waals surface area contributed by atoms with Gasteiger partial charge in [-0.15, -0.1) is 0 Å². The van der Waals surface area contributed by atoms with Gasteiger partial charge in [0, 0.05) is 17.7 Å². The number of hydrogen-bond acceptors (Lipinski definition) is 7. The fourth-order valence-corrected chi connectivity index (χ4v) is 3.04. The average molecular weight is 464 g/mol. The lowest BCUT2D eigenvalue weighted by Gasteiger charge is -2.15. The molecule has 3 N–H and O–H groups in total. The molecule has 0 bridgehead atoms. The summed E-state index contributed by atoms with van der Waals surface area (Å²) in [5.74, 6) is -0.644. The van der Waals surface area contributed by atoms with Gasteiger partial charge in [0.25, 0.3) is 11.8 Å². The first-order valence-electron chi connectivity index (χ1n) is 10.2. The number of primary amides is 1. The van der Waals surface area contributed by atoms with Crippen molar-refractivity contribution in [2.24, 2.45) is 5.73 Å². The standard InChI is InChI=1S/C25H24N2O7/c1-31-21-12-19(20(13-22(21)32-2)27-24(29)17-8-4-3-5-9-17)25(30)34-14-16-7-6-10-18(11-16)33-15-23(26)28/h3-13H,14-15H2,1-2H3,(H2,26,28)(H,27,29). The topological polar surface area (TPSA) is 126 Å². The highest BCUT2D eigenvalue weighted by molar-refractivity contribution is 6.08. The summed E-state index contributed by atoms with van der Waals surface area (Å²) in [4.78, 5) is 36.6. The van der Waals surface area contributed by atoms with Crippen LogP contribution < -0.4 is 25.3 Å². The molecular weight excluding hydrogens is 440 g/mol. The zero-order valence-corrected chi connectivity index (χ0v) is 18.7. The van der Waals surface area contributed by atoms with E-state index in [2.05, 4.69) is 5.32 Å². The lowest BCUT2D eigenvalue weighted by molar-refractivity contribution is -0.119. The molecule has 9 heteroatoms. The van der Waals surface area contributed by atoms with Gasteiger partial charge < -0.3 is 30.0 Å². The second-order valence-corrected chi connectivity index (χ2v) is 7.05. The number of esters is 1. The molecule has 176 valence electrons. The maximum Gasteiger partial charge on any atom is 0.340 e.